The number of aliphatic hydroxyl groups is 1. The van der Waals surface area contributed by atoms with E-state index < -0.39 is 0 Å². The van der Waals surface area contributed by atoms with Gasteiger partial charge in [0.25, 0.3) is 0 Å². The minimum Gasteiger partial charge on any atom is -0.392 e. The highest BCUT2D eigenvalue weighted by Crippen LogP contribution is 2.32. The first-order valence-corrected chi connectivity index (χ1v) is 6.31. The van der Waals surface area contributed by atoms with E-state index in [2.05, 4.69) is 9.88 Å². The summed E-state index contributed by atoms with van der Waals surface area (Å²) < 4.78 is 0.584. The smallest absolute Gasteiger partial charge is 0.183 e. The van der Waals surface area contributed by atoms with Crippen molar-refractivity contribution in [1.29, 1.82) is 0 Å². The summed E-state index contributed by atoms with van der Waals surface area (Å²) in [5, 5.41) is 9.76. The van der Waals surface area contributed by atoms with Gasteiger partial charge in [-0.3, -0.25) is 4.90 Å². The van der Waals surface area contributed by atoms with Crippen molar-refractivity contribution in [2.75, 3.05) is 13.6 Å². The van der Waals surface area contributed by atoms with E-state index in [-0.39, 0.29) is 6.10 Å². The molecule has 1 heterocycles. The van der Waals surface area contributed by atoms with E-state index in [1.165, 1.54) is 24.2 Å². The maximum Gasteiger partial charge on any atom is 0.183 e. The van der Waals surface area contributed by atoms with Crippen LogP contribution in [0.1, 0.15) is 17.7 Å². The van der Waals surface area contributed by atoms with Gasteiger partial charge in [-0.2, -0.15) is 0 Å². The molecule has 1 aliphatic rings. The van der Waals surface area contributed by atoms with Crippen LogP contribution in [0, 0.1) is 5.92 Å². The Bertz CT molecular complexity index is 327. The van der Waals surface area contributed by atoms with Crippen molar-refractivity contribution in [2.24, 2.45) is 5.92 Å². The zero-order valence-electron chi connectivity index (χ0n) is 8.69. The van der Waals surface area contributed by atoms with Crippen molar-refractivity contribution >= 4 is 22.9 Å². The Hall–Kier alpha value is -0.160. The molecule has 0 aromatic carbocycles. The number of aromatic nitrogens is 1. The number of thiazole rings is 1. The molecule has 0 spiro atoms. The van der Waals surface area contributed by atoms with Crippen LogP contribution in [0.15, 0.2) is 6.20 Å². The molecule has 1 fully saturated rings. The van der Waals surface area contributed by atoms with Crippen molar-refractivity contribution in [3.63, 3.8) is 0 Å². The van der Waals surface area contributed by atoms with E-state index in [0.29, 0.717) is 10.4 Å². The van der Waals surface area contributed by atoms with Crippen molar-refractivity contribution in [2.45, 2.75) is 25.5 Å². The maximum atomic E-state index is 9.76. The molecule has 15 heavy (non-hydrogen) atoms. The summed E-state index contributed by atoms with van der Waals surface area (Å²) >= 11 is 7.25. The lowest BCUT2D eigenvalue weighted by Gasteiger charge is -2.19. The van der Waals surface area contributed by atoms with Crippen LogP contribution in [0.4, 0.5) is 0 Å². The molecular formula is C10H15ClN2OS. The van der Waals surface area contributed by atoms with Gasteiger partial charge in [-0.1, -0.05) is 11.6 Å². The molecule has 0 radical (unpaired) electrons. The van der Waals surface area contributed by atoms with Gasteiger partial charge in [0.05, 0.1) is 6.10 Å². The van der Waals surface area contributed by atoms with Crippen LogP contribution >= 0.6 is 22.9 Å². The van der Waals surface area contributed by atoms with Gasteiger partial charge < -0.3 is 5.11 Å². The summed E-state index contributed by atoms with van der Waals surface area (Å²) in [6.07, 6.45) is 3.99. The predicted molar refractivity (Wildman–Crippen MR) is 62.2 cm³/mol. The minimum atomic E-state index is -0.168. The molecule has 1 aromatic rings. The van der Waals surface area contributed by atoms with Crippen molar-refractivity contribution < 1.29 is 5.11 Å². The van der Waals surface area contributed by atoms with Gasteiger partial charge >= 0.3 is 0 Å². The fourth-order valence-corrected chi connectivity index (χ4v) is 2.69. The quantitative estimate of drug-likeness (QED) is 0.864. The van der Waals surface area contributed by atoms with Crippen LogP contribution in [-0.4, -0.2) is 34.7 Å². The number of nitrogens with zero attached hydrogens (tertiary/aromatic N) is 2. The summed E-state index contributed by atoms with van der Waals surface area (Å²) in [6, 6.07) is 0. The van der Waals surface area contributed by atoms with Crippen LogP contribution in [0.2, 0.25) is 4.47 Å². The second-order valence-corrected chi connectivity index (χ2v) is 5.88. The summed E-state index contributed by atoms with van der Waals surface area (Å²) in [5.41, 5.74) is 0. The molecule has 2 rings (SSSR count). The first kappa shape index (κ1) is 11.3. The lowest BCUT2D eigenvalue weighted by molar-refractivity contribution is 0.104. The van der Waals surface area contributed by atoms with E-state index >= 15 is 0 Å². The number of rotatable bonds is 5. The molecule has 5 heteroatoms. The second kappa shape index (κ2) is 4.78. The Kier molecular flexibility index (Phi) is 3.61. The maximum absolute atomic E-state index is 9.76. The third kappa shape index (κ3) is 3.41. The van der Waals surface area contributed by atoms with E-state index in [1.54, 1.807) is 6.20 Å². The first-order valence-electron chi connectivity index (χ1n) is 5.12. The van der Waals surface area contributed by atoms with E-state index in [9.17, 15) is 5.11 Å². The number of aliphatic hydroxyl groups excluding tert-OH is 1. The number of hydrogen-bond acceptors (Lipinski definition) is 4. The van der Waals surface area contributed by atoms with Gasteiger partial charge in [0.15, 0.2) is 4.47 Å². The van der Waals surface area contributed by atoms with Gasteiger partial charge in [0.1, 0.15) is 0 Å². The molecule has 3 nitrogen and oxygen atoms in total. The molecule has 0 aliphatic heterocycles. The molecule has 1 unspecified atom stereocenters. The fourth-order valence-electron chi connectivity index (χ4n) is 1.64. The molecule has 1 N–H and O–H groups in total. The van der Waals surface area contributed by atoms with Gasteiger partial charge in [-0.15, -0.1) is 11.3 Å². The van der Waals surface area contributed by atoms with E-state index in [4.69, 9.17) is 11.6 Å². The monoisotopic (exact) mass is 246 g/mol. The zero-order valence-corrected chi connectivity index (χ0v) is 10.3. The Morgan fingerprint density at radius 2 is 2.47 bits per heavy atom. The molecule has 1 saturated carbocycles. The van der Waals surface area contributed by atoms with Crippen molar-refractivity contribution in [1.82, 2.24) is 9.88 Å². The molecule has 1 atom stereocenters. The van der Waals surface area contributed by atoms with Crippen molar-refractivity contribution in [3.05, 3.63) is 15.5 Å². The average Bonchev–Trinajstić information content (AvgIpc) is 2.92. The average molecular weight is 247 g/mol. The standard InChI is InChI=1S/C10H15ClN2OS/c1-13(6-9(14)7-2-3-7)5-8-4-12-10(11)15-8/h4,7,9,14H,2-3,5-6H2,1H3. The molecule has 1 aromatic heterocycles. The summed E-state index contributed by atoms with van der Waals surface area (Å²) in [4.78, 5) is 7.25. The molecule has 1 aliphatic carbocycles. The van der Waals surface area contributed by atoms with Crippen LogP contribution in [-0.2, 0) is 6.54 Å². The fraction of sp³-hybridized carbons (Fsp3) is 0.700. The predicted octanol–water partition coefficient (Wildman–Crippen LogP) is 2.00. The van der Waals surface area contributed by atoms with Crippen LogP contribution in [0.3, 0.4) is 0 Å². The largest absolute Gasteiger partial charge is 0.392 e. The van der Waals surface area contributed by atoms with Crippen LogP contribution in [0.25, 0.3) is 0 Å². The summed E-state index contributed by atoms with van der Waals surface area (Å²) in [7, 11) is 2.01. The van der Waals surface area contributed by atoms with Crippen LogP contribution < -0.4 is 0 Å². The molecular weight excluding hydrogens is 232 g/mol. The Balaban J connectivity index is 1.78. The minimum absolute atomic E-state index is 0.168. The van der Waals surface area contributed by atoms with E-state index in [0.717, 1.165) is 18.0 Å². The van der Waals surface area contributed by atoms with Crippen molar-refractivity contribution in [3.8, 4) is 0 Å². The molecule has 0 saturated heterocycles. The molecule has 0 bridgehead atoms. The number of hydrogen-bond donors (Lipinski definition) is 1. The van der Waals surface area contributed by atoms with E-state index in [1.807, 2.05) is 7.05 Å². The lowest BCUT2D eigenvalue weighted by Crippen LogP contribution is -2.29. The zero-order chi connectivity index (χ0) is 10.8. The SMILES string of the molecule is CN(Cc1cnc(Cl)s1)CC(O)C1CC1. The van der Waals surface area contributed by atoms with Gasteiger partial charge in [-0.05, 0) is 25.8 Å². The Morgan fingerprint density at radius 1 is 1.73 bits per heavy atom. The molecule has 0 amide bonds. The third-order valence-electron chi connectivity index (χ3n) is 2.62. The Labute approximate surface area is 98.7 Å². The topological polar surface area (TPSA) is 36.4 Å². The normalized spacial score (nSPS) is 18.4. The highest BCUT2D eigenvalue weighted by Gasteiger charge is 2.30. The van der Waals surface area contributed by atoms with Gasteiger partial charge in [-0.25, -0.2) is 4.98 Å². The number of likely N-dealkylation sites (N-methyl/N-ethyl adjacent to an activating group) is 1. The highest BCUT2D eigenvalue weighted by atomic mass is 35.5. The second-order valence-electron chi connectivity index (χ2n) is 4.18. The number of halogens is 1. The lowest BCUT2D eigenvalue weighted by atomic mass is 10.2. The third-order valence-corrected chi connectivity index (χ3v) is 3.72. The summed E-state index contributed by atoms with van der Waals surface area (Å²) in [5.74, 6) is 0.539. The van der Waals surface area contributed by atoms with Gasteiger partial charge in [0.2, 0.25) is 0 Å². The summed E-state index contributed by atoms with van der Waals surface area (Å²) in [6.45, 7) is 1.55. The first-order chi connectivity index (χ1) is 7.15. The molecule has 84 valence electrons. The van der Waals surface area contributed by atoms with Gasteiger partial charge in [0, 0.05) is 24.2 Å². The Morgan fingerprint density at radius 3 is 3.00 bits per heavy atom. The highest BCUT2D eigenvalue weighted by molar-refractivity contribution is 7.15. The van der Waals surface area contributed by atoms with Crippen LogP contribution in [0.5, 0.6) is 0 Å².